The minimum Gasteiger partial charge on any atom is -0.343 e. The maximum Gasteiger partial charge on any atom is 0.270 e. The van der Waals surface area contributed by atoms with Crippen LogP contribution in [0.4, 0.5) is 0 Å². The van der Waals surface area contributed by atoms with E-state index in [1.54, 1.807) is 0 Å². The molecule has 0 atom stereocenters. The Labute approximate surface area is 111 Å². The first-order chi connectivity index (χ1) is 8.11. The van der Waals surface area contributed by atoms with Crippen LogP contribution in [0.3, 0.4) is 0 Å². The van der Waals surface area contributed by atoms with E-state index in [0.29, 0.717) is 0 Å². The molecule has 0 radical (unpaired) electrons. The molecule has 3 nitrogen and oxygen atoms in total. The van der Waals surface area contributed by atoms with Gasteiger partial charge >= 0.3 is 0 Å². The van der Waals surface area contributed by atoms with Gasteiger partial charge in [0.15, 0.2) is 0 Å². The summed E-state index contributed by atoms with van der Waals surface area (Å²) in [6.45, 7) is 3.77. The molecule has 1 heterocycles. The highest BCUT2D eigenvalue weighted by Crippen LogP contribution is 2.27. The highest BCUT2D eigenvalue weighted by Gasteiger charge is 2.23. The molecule has 1 saturated carbocycles. The lowest BCUT2D eigenvalue weighted by Crippen LogP contribution is -2.35. The molecular formula is C13H19BrN2O. The maximum atomic E-state index is 12.3. The molecule has 1 aliphatic carbocycles. The summed E-state index contributed by atoms with van der Waals surface area (Å²) in [5.74, 6) is 0.849. The summed E-state index contributed by atoms with van der Waals surface area (Å²) in [4.78, 5) is 14.2. The highest BCUT2D eigenvalue weighted by molar-refractivity contribution is 9.10. The molecule has 1 aromatic rings. The van der Waals surface area contributed by atoms with E-state index < -0.39 is 0 Å². The molecule has 1 amide bonds. The van der Waals surface area contributed by atoms with Crippen molar-refractivity contribution < 1.29 is 4.79 Å². The van der Waals surface area contributed by atoms with Crippen LogP contribution in [0.5, 0.6) is 0 Å². The van der Waals surface area contributed by atoms with E-state index in [0.717, 1.165) is 29.2 Å². The lowest BCUT2D eigenvalue weighted by atomic mass is 9.85. The standard InChI is InChI=1S/C13H19BrN2O/c1-3-16-9-11(14)7-12(16)13(17)15(2)8-10-5-4-6-10/h7,9-10H,3-6,8H2,1-2H3. The zero-order chi connectivity index (χ0) is 12.4. The predicted octanol–water partition coefficient (Wildman–Crippen LogP) is 3.14. The smallest absolute Gasteiger partial charge is 0.270 e. The number of aryl methyl sites for hydroxylation is 1. The summed E-state index contributed by atoms with van der Waals surface area (Å²) in [6, 6.07) is 1.91. The van der Waals surface area contributed by atoms with Crippen LogP contribution < -0.4 is 0 Å². The summed E-state index contributed by atoms with van der Waals surface area (Å²) >= 11 is 3.43. The van der Waals surface area contributed by atoms with E-state index >= 15 is 0 Å². The molecule has 17 heavy (non-hydrogen) atoms. The van der Waals surface area contributed by atoms with E-state index in [1.807, 2.05) is 28.8 Å². The number of carbonyl (C=O) groups is 1. The van der Waals surface area contributed by atoms with Gasteiger partial charge in [0.2, 0.25) is 0 Å². The molecule has 0 N–H and O–H groups in total. The first-order valence-electron chi connectivity index (χ1n) is 6.23. The molecule has 0 unspecified atom stereocenters. The Morgan fingerprint density at radius 1 is 1.59 bits per heavy atom. The molecule has 0 spiro atoms. The second kappa shape index (κ2) is 5.25. The molecule has 0 bridgehead atoms. The lowest BCUT2D eigenvalue weighted by molar-refractivity contribution is 0.0734. The number of amides is 1. The van der Waals surface area contributed by atoms with Crippen LogP contribution >= 0.6 is 15.9 Å². The second-order valence-corrected chi connectivity index (χ2v) is 5.73. The Hall–Kier alpha value is -0.770. The van der Waals surface area contributed by atoms with Crippen LogP contribution in [-0.2, 0) is 6.54 Å². The van der Waals surface area contributed by atoms with Crippen LogP contribution in [-0.4, -0.2) is 29.0 Å². The number of hydrogen-bond donors (Lipinski definition) is 0. The van der Waals surface area contributed by atoms with Gasteiger partial charge in [0.05, 0.1) is 0 Å². The van der Waals surface area contributed by atoms with E-state index in [-0.39, 0.29) is 5.91 Å². The summed E-state index contributed by atoms with van der Waals surface area (Å²) < 4.78 is 2.96. The highest BCUT2D eigenvalue weighted by atomic mass is 79.9. The molecule has 2 rings (SSSR count). The Balaban J connectivity index is 2.06. The number of halogens is 1. The fraction of sp³-hybridized carbons (Fsp3) is 0.615. The van der Waals surface area contributed by atoms with Crippen molar-refractivity contribution in [3.05, 3.63) is 22.4 Å². The predicted molar refractivity (Wildman–Crippen MR) is 72.1 cm³/mol. The van der Waals surface area contributed by atoms with Gasteiger partial charge in [-0.1, -0.05) is 6.42 Å². The molecule has 0 aromatic carbocycles. The summed E-state index contributed by atoms with van der Waals surface area (Å²) in [5.41, 5.74) is 0.779. The third kappa shape index (κ3) is 2.73. The number of nitrogens with zero attached hydrogens (tertiary/aromatic N) is 2. The van der Waals surface area contributed by atoms with E-state index in [2.05, 4.69) is 22.9 Å². The van der Waals surface area contributed by atoms with Gasteiger partial charge in [-0.2, -0.15) is 0 Å². The van der Waals surface area contributed by atoms with Gasteiger partial charge in [-0.25, -0.2) is 0 Å². The van der Waals surface area contributed by atoms with Gasteiger partial charge < -0.3 is 9.47 Å². The van der Waals surface area contributed by atoms with Gasteiger partial charge in [0.25, 0.3) is 5.91 Å². The number of carbonyl (C=O) groups excluding carboxylic acids is 1. The fourth-order valence-corrected chi connectivity index (χ4v) is 2.72. The molecule has 1 aromatic heterocycles. The van der Waals surface area contributed by atoms with Gasteiger partial charge in [0, 0.05) is 30.8 Å². The molecule has 0 aliphatic heterocycles. The van der Waals surface area contributed by atoms with Crippen LogP contribution in [0.15, 0.2) is 16.7 Å². The third-order valence-electron chi connectivity index (χ3n) is 3.53. The van der Waals surface area contributed by atoms with E-state index in [1.165, 1.54) is 19.3 Å². The van der Waals surface area contributed by atoms with Crippen LogP contribution in [0, 0.1) is 5.92 Å². The molecule has 0 saturated heterocycles. The van der Waals surface area contributed by atoms with Crippen LogP contribution in [0.2, 0.25) is 0 Å². The van der Waals surface area contributed by atoms with Crippen molar-refractivity contribution in [1.82, 2.24) is 9.47 Å². The monoisotopic (exact) mass is 298 g/mol. The maximum absolute atomic E-state index is 12.3. The molecule has 1 fully saturated rings. The first-order valence-corrected chi connectivity index (χ1v) is 7.02. The van der Waals surface area contributed by atoms with Crippen molar-refractivity contribution in [2.24, 2.45) is 5.92 Å². The molecule has 94 valence electrons. The fourth-order valence-electron chi connectivity index (χ4n) is 2.26. The summed E-state index contributed by atoms with van der Waals surface area (Å²) in [5, 5.41) is 0. The third-order valence-corrected chi connectivity index (χ3v) is 3.96. The molecular weight excluding hydrogens is 280 g/mol. The minimum atomic E-state index is 0.129. The Morgan fingerprint density at radius 2 is 2.29 bits per heavy atom. The van der Waals surface area contributed by atoms with Gasteiger partial charge in [-0.3, -0.25) is 4.79 Å². The molecule has 1 aliphatic rings. The van der Waals surface area contributed by atoms with E-state index in [4.69, 9.17) is 0 Å². The normalized spacial score (nSPS) is 15.7. The second-order valence-electron chi connectivity index (χ2n) is 4.81. The first kappa shape index (κ1) is 12.7. The molecule has 4 heteroatoms. The van der Waals surface area contributed by atoms with Crippen molar-refractivity contribution in [3.8, 4) is 0 Å². The summed E-state index contributed by atoms with van der Waals surface area (Å²) in [7, 11) is 1.90. The minimum absolute atomic E-state index is 0.129. The van der Waals surface area contributed by atoms with Crippen molar-refractivity contribution >= 4 is 21.8 Å². The average molecular weight is 299 g/mol. The zero-order valence-electron chi connectivity index (χ0n) is 10.4. The van der Waals surface area contributed by atoms with Crippen molar-refractivity contribution in [2.45, 2.75) is 32.7 Å². The van der Waals surface area contributed by atoms with Crippen molar-refractivity contribution in [2.75, 3.05) is 13.6 Å². The Kier molecular flexibility index (Phi) is 3.92. The van der Waals surface area contributed by atoms with E-state index in [9.17, 15) is 4.79 Å². The van der Waals surface area contributed by atoms with Crippen molar-refractivity contribution in [1.29, 1.82) is 0 Å². The lowest BCUT2D eigenvalue weighted by Gasteiger charge is -2.30. The Morgan fingerprint density at radius 3 is 2.82 bits per heavy atom. The van der Waals surface area contributed by atoms with Gasteiger partial charge in [-0.05, 0) is 47.7 Å². The number of aromatic nitrogens is 1. The number of rotatable bonds is 4. The Bertz CT molecular complexity index is 410. The van der Waals surface area contributed by atoms with Gasteiger partial charge in [-0.15, -0.1) is 0 Å². The quantitative estimate of drug-likeness (QED) is 0.838. The van der Waals surface area contributed by atoms with Crippen molar-refractivity contribution in [3.63, 3.8) is 0 Å². The topological polar surface area (TPSA) is 25.2 Å². The zero-order valence-corrected chi connectivity index (χ0v) is 12.0. The summed E-state index contributed by atoms with van der Waals surface area (Å²) in [6.07, 6.45) is 5.83. The van der Waals surface area contributed by atoms with Gasteiger partial charge in [0.1, 0.15) is 5.69 Å². The number of hydrogen-bond acceptors (Lipinski definition) is 1. The largest absolute Gasteiger partial charge is 0.343 e. The van der Waals surface area contributed by atoms with Crippen LogP contribution in [0.1, 0.15) is 36.7 Å². The van der Waals surface area contributed by atoms with Crippen LogP contribution in [0.25, 0.3) is 0 Å². The average Bonchev–Trinajstić information content (AvgIpc) is 2.63. The SMILES string of the molecule is CCn1cc(Br)cc1C(=O)N(C)CC1CCC1.